The van der Waals surface area contributed by atoms with E-state index in [1.165, 1.54) is 18.7 Å². The molecular formula is C24H27N3O4. The predicted molar refractivity (Wildman–Crippen MR) is 117 cm³/mol. The molecule has 1 N–H and O–H groups in total. The summed E-state index contributed by atoms with van der Waals surface area (Å²) in [5, 5.41) is 7.15. The molecule has 0 saturated carbocycles. The van der Waals surface area contributed by atoms with Gasteiger partial charge in [-0.3, -0.25) is 4.79 Å². The average molecular weight is 421 g/mol. The summed E-state index contributed by atoms with van der Waals surface area (Å²) < 4.78 is 12.2. The Bertz CT molecular complexity index is 1000. The number of amides is 1. The Hall–Kier alpha value is -3.61. The van der Waals surface area contributed by atoms with E-state index in [-0.39, 0.29) is 23.3 Å². The largest absolute Gasteiger partial charge is 0.493 e. The Morgan fingerprint density at radius 2 is 1.71 bits per heavy atom. The maximum absolute atomic E-state index is 12.6. The normalized spacial score (nSPS) is 12.6. The first kappa shape index (κ1) is 22.1. The maximum atomic E-state index is 12.6. The number of hydrogen-bond acceptors (Lipinski definition) is 5. The molecule has 3 aromatic rings. The lowest BCUT2D eigenvalue weighted by atomic mass is 9.96. The molecule has 0 unspecified atom stereocenters. The van der Waals surface area contributed by atoms with Crippen molar-refractivity contribution in [1.29, 1.82) is 0 Å². The fourth-order valence-corrected chi connectivity index (χ4v) is 3.22. The Morgan fingerprint density at radius 3 is 2.32 bits per heavy atom. The lowest BCUT2D eigenvalue weighted by Gasteiger charge is -2.18. The van der Waals surface area contributed by atoms with Crippen LogP contribution in [0.5, 0.6) is 5.75 Å². The minimum atomic E-state index is -0.965. The Labute approximate surface area is 182 Å². The first-order valence-electron chi connectivity index (χ1n) is 10.3. The zero-order chi connectivity index (χ0) is 22.2. The SMILES string of the molecule is CC[C@H](CNC(=O)[C@H](C)OC(=O)c1nn(-c2ccccc2)cc1OC)c1ccccc1. The van der Waals surface area contributed by atoms with Crippen molar-refractivity contribution in [3.63, 3.8) is 0 Å². The molecule has 0 spiro atoms. The number of rotatable bonds is 9. The summed E-state index contributed by atoms with van der Waals surface area (Å²) in [4.78, 5) is 25.1. The van der Waals surface area contributed by atoms with E-state index in [0.717, 1.165) is 17.7 Å². The Kier molecular flexibility index (Phi) is 7.43. The van der Waals surface area contributed by atoms with E-state index in [0.29, 0.717) is 6.54 Å². The number of nitrogens with one attached hydrogen (secondary N) is 1. The molecule has 7 heteroatoms. The molecular weight excluding hydrogens is 394 g/mol. The van der Waals surface area contributed by atoms with E-state index in [1.54, 1.807) is 6.20 Å². The van der Waals surface area contributed by atoms with Crippen LogP contribution in [0.1, 0.15) is 42.2 Å². The molecule has 0 fully saturated rings. The minimum absolute atomic E-state index is 0.0155. The van der Waals surface area contributed by atoms with Crippen LogP contribution < -0.4 is 10.1 Å². The highest BCUT2D eigenvalue weighted by molar-refractivity contribution is 5.92. The lowest BCUT2D eigenvalue weighted by Crippen LogP contribution is -2.38. The number of methoxy groups -OCH3 is 1. The van der Waals surface area contributed by atoms with Gasteiger partial charge in [0.25, 0.3) is 5.91 Å². The first-order valence-corrected chi connectivity index (χ1v) is 10.3. The third kappa shape index (κ3) is 5.51. The van der Waals surface area contributed by atoms with Crippen molar-refractivity contribution >= 4 is 11.9 Å². The summed E-state index contributed by atoms with van der Waals surface area (Å²) in [6, 6.07) is 19.3. The molecule has 0 saturated heterocycles. The molecule has 1 heterocycles. The van der Waals surface area contributed by atoms with E-state index in [9.17, 15) is 9.59 Å². The fraction of sp³-hybridized carbons (Fsp3) is 0.292. The van der Waals surface area contributed by atoms with E-state index in [1.807, 2.05) is 60.7 Å². The second kappa shape index (κ2) is 10.4. The molecule has 3 rings (SSSR count). The molecule has 0 radical (unpaired) electrons. The molecule has 7 nitrogen and oxygen atoms in total. The van der Waals surface area contributed by atoms with Gasteiger partial charge in [0.2, 0.25) is 5.69 Å². The van der Waals surface area contributed by atoms with Gasteiger partial charge in [0.15, 0.2) is 11.9 Å². The first-order chi connectivity index (χ1) is 15.0. The van der Waals surface area contributed by atoms with Gasteiger partial charge in [-0.15, -0.1) is 0 Å². The standard InChI is InChI=1S/C24H27N3O4/c1-4-18(19-11-7-5-8-12-19)15-25-23(28)17(2)31-24(29)22-21(30-3)16-27(26-22)20-13-9-6-10-14-20/h5-14,16-18H,4,15H2,1-3H3,(H,25,28)/t17-,18+/m0/s1. The van der Waals surface area contributed by atoms with Crippen LogP contribution in [0, 0.1) is 0 Å². The van der Waals surface area contributed by atoms with Gasteiger partial charge >= 0.3 is 5.97 Å². The molecule has 0 aliphatic heterocycles. The van der Waals surface area contributed by atoms with E-state index in [4.69, 9.17) is 9.47 Å². The monoisotopic (exact) mass is 421 g/mol. The van der Waals surface area contributed by atoms with Crippen molar-refractivity contribution < 1.29 is 19.1 Å². The molecule has 0 aliphatic carbocycles. The number of esters is 1. The third-order valence-corrected chi connectivity index (χ3v) is 5.05. The number of para-hydroxylation sites is 1. The lowest BCUT2D eigenvalue weighted by molar-refractivity contribution is -0.129. The second-order valence-corrected chi connectivity index (χ2v) is 7.13. The number of carbonyl (C=O) groups is 2. The van der Waals surface area contributed by atoms with Gasteiger partial charge in [-0.25, -0.2) is 9.48 Å². The minimum Gasteiger partial charge on any atom is -0.493 e. The molecule has 0 aliphatic rings. The number of ether oxygens (including phenoxy) is 2. The van der Waals surface area contributed by atoms with Crippen molar-refractivity contribution in [1.82, 2.24) is 15.1 Å². The van der Waals surface area contributed by atoms with Gasteiger partial charge in [-0.05, 0) is 31.0 Å². The Balaban J connectivity index is 1.62. The second-order valence-electron chi connectivity index (χ2n) is 7.13. The zero-order valence-corrected chi connectivity index (χ0v) is 17.9. The number of hydrogen-bond donors (Lipinski definition) is 1. The topological polar surface area (TPSA) is 82.5 Å². The molecule has 1 aromatic heterocycles. The van der Waals surface area contributed by atoms with Gasteiger partial charge in [0.1, 0.15) is 0 Å². The number of benzene rings is 2. The predicted octanol–water partition coefficient (Wildman–Crippen LogP) is 3.74. The van der Waals surface area contributed by atoms with Gasteiger partial charge < -0.3 is 14.8 Å². The fourth-order valence-electron chi connectivity index (χ4n) is 3.22. The van der Waals surface area contributed by atoms with Crippen molar-refractivity contribution in [2.45, 2.75) is 32.3 Å². The Morgan fingerprint density at radius 1 is 1.06 bits per heavy atom. The van der Waals surface area contributed by atoms with E-state index >= 15 is 0 Å². The highest BCUT2D eigenvalue weighted by atomic mass is 16.6. The molecule has 2 atom stereocenters. The van der Waals surface area contributed by atoms with Crippen LogP contribution in [0.3, 0.4) is 0 Å². The van der Waals surface area contributed by atoms with Crippen molar-refractivity contribution in [3.05, 3.63) is 78.1 Å². The highest BCUT2D eigenvalue weighted by Gasteiger charge is 2.25. The number of nitrogens with zero attached hydrogens (tertiary/aromatic N) is 2. The summed E-state index contributed by atoms with van der Waals surface area (Å²) >= 11 is 0. The van der Waals surface area contributed by atoms with Crippen LogP contribution in [-0.2, 0) is 9.53 Å². The van der Waals surface area contributed by atoms with Crippen LogP contribution in [0.2, 0.25) is 0 Å². The van der Waals surface area contributed by atoms with Crippen LogP contribution in [0.25, 0.3) is 5.69 Å². The quantitative estimate of drug-likeness (QED) is 0.532. The van der Waals surface area contributed by atoms with Crippen LogP contribution >= 0.6 is 0 Å². The molecule has 0 bridgehead atoms. The molecule has 162 valence electrons. The van der Waals surface area contributed by atoms with Crippen LogP contribution in [-0.4, -0.2) is 41.4 Å². The van der Waals surface area contributed by atoms with Crippen molar-refractivity contribution in [2.75, 3.05) is 13.7 Å². The molecule has 31 heavy (non-hydrogen) atoms. The van der Waals surface area contributed by atoms with E-state index < -0.39 is 12.1 Å². The van der Waals surface area contributed by atoms with Crippen molar-refractivity contribution in [2.24, 2.45) is 0 Å². The third-order valence-electron chi connectivity index (χ3n) is 5.05. The van der Waals surface area contributed by atoms with Gasteiger partial charge in [0.05, 0.1) is 19.0 Å². The smallest absolute Gasteiger partial charge is 0.363 e. The summed E-state index contributed by atoms with van der Waals surface area (Å²) in [5.41, 5.74) is 1.95. The summed E-state index contributed by atoms with van der Waals surface area (Å²) in [7, 11) is 1.45. The summed E-state index contributed by atoms with van der Waals surface area (Å²) in [6.45, 7) is 4.08. The van der Waals surface area contributed by atoms with Crippen LogP contribution in [0.15, 0.2) is 66.9 Å². The van der Waals surface area contributed by atoms with E-state index in [2.05, 4.69) is 17.3 Å². The van der Waals surface area contributed by atoms with Gasteiger partial charge in [-0.2, -0.15) is 5.10 Å². The van der Waals surface area contributed by atoms with Crippen molar-refractivity contribution in [3.8, 4) is 11.4 Å². The summed E-state index contributed by atoms with van der Waals surface area (Å²) in [6.07, 6.45) is 1.52. The average Bonchev–Trinajstić information content (AvgIpc) is 3.25. The van der Waals surface area contributed by atoms with Gasteiger partial charge in [-0.1, -0.05) is 55.5 Å². The number of aromatic nitrogens is 2. The molecule has 2 aromatic carbocycles. The van der Waals surface area contributed by atoms with Gasteiger partial charge in [0, 0.05) is 12.5 Å². The molecule has 1 amide bonds. The zero-order valence-electron chi connectivity index (χ0n) is 17.9. The van der Waals surface area contributed by atoms with Crippen LogP contribution in [0.4, 0.5) is 0 Å². The highest BCUT2D eigenvalue weighted by Crippen LogP contribution is 2.21. The maximum Gasteiger partial charge on any atom is 0.363 e. The summed E-state index contributed by atoms with van der Waals surface area (Å²) in [5.74, 6) is -0.611. The number of carbonyl (C=O) groups excluding carboxylic acids is 2.